The number of hydrogen-bond donors (Lipinski definition) is 2. The summed E-state index contributed by atoms with van der Waals surface area (Å²) in [5.74, 6) is -1.33. The van der Waals surface area contributed by atoms with E-state index in [1.165, 1.54) is 6.20 Å². The Morgan fingerprint density at radius 2 is 1.78 bits per heavy atom. The van der Waals surface area contributed by atoms with Gasteiger partial charge in [-0.05, 0) is 126 Å². The number of amides is 4. The van der Waals surface area contributed by atoms with Crippen LogP contribution in [-0.4, -0.2) is 130 Å². The molecule has 72 heavy (non-hydrogen) atoms. The van der Waals surface area contributed by atoms with Gasteiger partial charge >= 0.3 is 0 Å². The summed E-state index contributed by atoms with van der Waals surface area (Å²) in [5, 5.41) is 20.0. The highest BCUT2D eigenvalue weighted by atomic mass is 19.1. The molecule has 3 saturated heterocycles. The number of ether oxygens (including phenoxy) is 1. The molecule has 0 radical (unpaired) electrons. The molecule has 4 amide bonds. The number of aromatic nitrogens is 3. The molecular formula is C54H61F2N11O5. The fourth-order valence-electron chi connectivity index (χ4n) is 10.6. The predicted octanol–water partition coefficient (Wildman–Crippen LogP) is 6.69. The molecule has 1 atom stereocenters. The Balaban J connectivity index is 0.808. The fourth-order valence-corrected chi connectivity index (χ4v) is 10.6. The number of rotatable bonds is 16. The standard InChI is InChI=1S/C54H61F2N11O5/c1-5-72-42-28-44(50-39(29-57)31-59-67(50)33-42)37-10-16-48(58-30-37)64-20-17-54(18-21-64,61-51(69)45-27-40(55)11-14-46(45)56)34-66(35(2)3)49(68)8-6-7-19-62-22-24-63(25-23-62)41-12-13-43-38(26-41)32-65(53(43)71)47-15-9-36(4)60-52(47)70/h10-14,16,26-28,30-31,33,35,47H,4-9,15,17-25,32,34H2,1-3H3,(H,60,70)(H,61,69). The van der Waals surface area contributed by atoms with Crippen LogP contribution in [0.15, 0.2) is 85.5 Å². The molecule has 376 valence electrons. The van der Waals surface area contributed by atoms with E-state index in [4.69, 9.17) is 9.72 Å². The largest absolute Gasteiger partial charge is 0.492 e. The van der Waals surface area contributed by atoms with E-state index in [0.29, 0.717) is 98.7 Å². The SMILES string of the molecule is C=C1CCC(N2Cc3cc(N4CCN(CCCCC(=O)N(CC5(NC(=O)c6cc(F)ccc6F)CCN(c6ccc(-c7cc(OCC)cn8ncc(C#N)c78)cn6)CC5)C(C)C)CC4)ccc3C2=O)C(=O)N1. The fraction of sp³-hybridized carbons (Fsp3) is 0.426. The van der Waals surface area contributed by atoms with E-state index in [1.807, 2.05) is 51.1 Å². The third kappa shape index (κ3) is 10.5. The van der Waals surface area contributed by atoms with Gasteiger partial charge in [-0.2, -0.15) is 10.4 Å². The Kier molecular flexibility index (Phi) is 14.6. The zero-order chi connectivity index (χ0) is 50.7. The third-order valence-electron chi connectivity index (χ3n) is 14.6. The molecule has 0 aliphatic carbocycles. The number of nitrogens with one attached hydrogen (secondary N) is 2. The second-order valence-corrected chi connectivity index (χ2v) is 19.6. The first-order valence-electron chi connectivity index (χ1n) is 25.0. The van der Waals surface area contributed by atoms with Gasteiger partial charge in [-0.15, -0.1) is 0 Å². The maximum Gasteiger partial charge on any atom is 0.255 e. The Bertz CT molecular complexity index is 2920. The van der Waals surface area contributed by atoms with E-state index >= 15 is 4.39 Å². The van der Waals surface area contributed by atoms with Crippen LogP contribution in [0.4, 0.5) is 20.3 Å². The zero-order valence-corrected chi connectivity index (χ0v) is 41.1. The number of anilines is 2. The number of carbonyl (C=O) groups is 4. The average Bonchev–Trinajstić information content (AvgIpc) is 3.95. The van der Waals surface area contributed by atoms with Gasteiger partial charge in [0, 0.05) is 99.1 Å². The topological polar surface area (TPSA) is 172 Å². The third-order valence-corrected chi connectivity index (χ3v) is 14.6. The van der Waals surface area contributed by atoms with Crippen molar-refractivity contribution in [2.75, 3.05) is 68.8 Å². The molecule has 2 aromatic carbocycles. The second-order valence-electron chi connectivity index (χ2n) is 19.6. The number of pyridine rings is 2. The number of allylic oxidation sites excluding steroid dienone is 1. The van der Waals surface area contributed by atoms with E-state index in [-0.39, 0.29) is 30.3 Å². The molecule has 0 bridgehead atoms. The van der Waals surface area contributed by atoms with Crippen molar-refractivity contribution in [3.63, 3.8) is 0 Å². The molecule has 3 fully saturated rings. The van der Waals surface area contributed by atoms with Gasteiger partial charge < -0.3 is 35.0 Å². The molecule has 18 heteroatoms. The highest BCUT2D eigenvalue weighted by Gasteiger charge is 2.41. The summed E-state index contributed by atoms with van der Waals surface area (Å²) >= 11 is 0. The zero-order valence-electron chi connectivity index (χ0n) is 41.1. The summed E-state index contributed by atoms with van der Waals surface area (Å²) in [7, 11) is 0. The molecule has 1 unspecified atom stereocenters. The molecule has 16 nitrogen and oxygen atoms in total. The maximum absolute atomic E-state index is 15.0. The number of piperidine rings is 2. The Hall–Kier alpha value is -7.39. The van der Waals surface area contributed by atoms with Crippen LogP contribution in [-0.2, 0) is 16.1 Å². The van der Waals surface area contributed by atoms with E-state index in [9.17, 15) is 28.8 Å². The van der Waals surface area contributed by atoms with Crippen molar-refractivity contribution in [2.24, 2.45) is 0 Å². The number of nitriles is 1. The lowest BCUT2D eigenvalue weighted by Crippen LogP contribution is -2.62. The maximum atomic E-state index is 15.0. The first-order valence-corrected chi connectivity index (χ1v) is 25.0. The van der Waals surface area contributed by atoms with Crippen LogP contribution in [0.1, 0.15) is 97.6 Å². The molecule has 3 aromatic heterocycles. The van der Waals surface area contributed by atoms with Crippen molar-refractivity contribution >= 4 is 40.7 Å². The number of fused-ring (bicyclic) bond motifs is 2. The minimum atomic E-state index is -0.956. The van der Waals surface area contributed by atoms with E-state index in [1.54, 1.807) is 26.7 Å². The van der Waals surface area contributed by atoms with Crippen LogP contribution < -0.4 is 25.2 Å². The first-order chi connectivity index (χ1) is 34.7. The number of benzene rings is 2. The van der Waals surface area contributed by atoms with Crippen molar-refractivity contribution in [1.29, 1.82) is 5.26 Å². The lowest BCUT2D eigenvalue weighted by Gasteiger charge is -2.46. The van der Waals surface area contributed by atoms with Gasteiger partial charge in [-0.1, -0.05) is 6.58 Å². The summed E-state index contributed by atoms with van der Waals surface area (Å²) < 4.78 is 36.8. The van der Waals surface area contributed by atoms with Crippen LogP contribution in [0.3, 0.4) is 0 Å². The quantitative estimate of drug-likeness (QED) is 0.101. The smallest absolute Gasteiger partial charge is 0.255 e. The number of halogens is 2. The Morgan fingerprint density at radius 1 is 0.986 bits per heavy atom. The van der Waals surface area contributed by atoms with Crippen LogP contribution in [0, 0.1) is 23.0 Å². The van der Waals surface area contributed by atoms with Crippen LogP contribution in [0.25, 0.3) is 16.6 Å². The predicted molar refractivity (Wildman–Crippen MR) is 268 cm³/mol. The minimum Gasteiger partial charge on any atom is -0.492 e. The Morgan fingerprint density at radius 3 is 2.49 bits per heavy atom. The van der Waals surface area contributed by atoms with Crippen molar-refractivity contribution < 1.29 is 32.7 Å². The van der Waals surface area contributed by atoms with Gasteiger partial charge in [0.25, 0.3) is 11.8 Å². The molecule has 4 aliphatic heterocycles. The minimum absolute atomic E-state index is 0.0384. The lowest BCUT2D eigenvalue weighted by molar-refractivity contribution is -0.134. The average molecular weight is 982 g/mol. The molecule has 0 saturated carbocycles. The highest BCUT2D eigenvalue weighted by molar-refractivity contribution is 6.02. The van der Waals surface area contributed by atoms with Gasteiger partial charge in [0.1, 0.15) is 35.3 Å². The van der Waals surface area contributed by atoms with E-state index in [2.05, 4.69) is 49.1 Å². The molecule has 5 aromatic rings. The molecular weight excluding hydrogens is 921 g/mol. The summed E-state index contributed by atoms with van der Waals surface area (Å²) in [6, 6.07) is 16.0. The molecule has 7 heterocycles. The Labute approximate surface area is 418 Å². The van der Waals surface area contributed by atoms with Crippen LogP contribution in [0.5, 0.6) is 5.75 Å². The second kappa shape index (κ2) is 21.1. The number of carbonyl (C=O) groups excluding carboxylic acids is 4. The van der Waals surface area contributed by atoms with Crippen molar-refractivity contribution in [3.05, 3.63) is 119 Å². The van der Waals surface area contributed by atoms with E-state index < -0.39 is 34.7 Å². The lowest BCUT2D eigenvalue weighted by atomic mass is 9.85. The van der Waals surface area contributed by atoms with Crippen LogP contribution >= 0.6 is 0 Å². The molecule has 4 aliphatic rings. The van der Waals surface area contributed by atoms with Gasteiger partial charge in [-0.25, -0.2) is 18.3 Å². The van der Waals surface area contributed by atoms with E-state index in [0.717, 1.165) is 79.7 Å². The van der Waals surface area contributed by atoms with Crippen molar-refractivity contribution in [1.82, 2.24) is 39.9 Å². The highest BCUT2D eigenvalue weighted by Crippen LogP contribution is 2.35. The number of nitrogens with zero attached hydrogens (tertiary/aromatic N) is 9. The molecule has 0 spiro atoms. The summed E-state index contributed by atoms with van der Waals surface area (Å²) in [6.07, 6.45) is 8.85. The van der Waals surface area contributed by atoms with Gasteiger partial charge in [0.2, 0.25) is 11.8 Å². The summed E-state index contributed by atoms with van der Waals surface area (Å²) in [5.41, 5.74) is 4.56. The van der Waals surface area contributed by atoms with Crippen LogP contribution in [0.2, 0.25) is 0 Å². The normalized spacial score (nSPS) is 18.0. The van der Waals surface area contributed by atoms with Crippen molar-refractivity contribution in [3.8, 4) is 22.9 Å². The number of unbranched alkanes of at least 4 members (excludes halogenated alkanes) is 1. The first kappa shape index (κ1) is 49.6. The van der Waals surface area contributed by atoms with Gasteiger partial charge in [0.15, 0.2) is 0 Å². The molecule has 2 N–H and O–H groups in total. The molecule has 9 rings (SSSR count). The van der Waals surface area contributed by atoms with Gasteiger partial charge in [0.05, 0.1) is 41.2 Å². The summed E-state index contributed by atoms with van der Waals surface area (Å²) in [4.78, 5) is 69.0. The monoisotopic (exact) mass is 981 g/mol. The van der Waals surface area contributed by atoms with Crippen molar-refractivity contribution in [2.45, 2.75) is 89.9 Å². The number of hydrogen-bond acceptors (Lipinski definition) is 11. The summed E-state index contributed by atoms with van der Waals surface area (Å²) in [6.45, 7) is 15.8. The van der Waals surface area contributed by atoms with Gasteiger partial charge in [-0.3, -0.25) is 24.1 Å². The number of piperazine rings is 1.